The zero-order chi connectivity index (χ0) is 18.7. The van der Waals surface area contributed by atoms with Gasteiger partial charge in [0.25, 0.3) is 11.6 Å². The highest BCUT2D eigenvalue weighted by molar-refractivity contribution is 7.09. The second-order valence-corrected chi connectivity index (χ2v) is 6.63. The number of benzene rings is 1. The predicted octanol–water partition coefficient (Wildman–Crippen LogP) is 2.22. The second-order valence-electron chi connectivity index (χ2n) is 5.60. The normalized spacial score (nSPS) is 18.7. The topological polar surface area (TPSA) is 82.1 Å². The smallest absolute Gasteiger partial charge is 0.373 e. The molecule has 1 amide bonds. The third-order valence-electron chi connectivity index (χ3n) is 4.09. The number of nitrogens with zero attached hydrogens (tertiary/aromatic N) is 1. The van der Waals surface area contributed by atoms with Crippen LogP contribution in [-0.2, 0) is 25.6 Å². The van der Waals surface area contributed by atoms with Crippen LogP contribution in [0.25, 0.3) is 0 Å². The van der Waals surface area contributed by atoms with Crippen LogP contribution in [0.5, 0.6) is 5.75 Å². The van der Waals surface area contributed by atoms with Gasteiger partial charge >= 0.3 is 11.9 Å². The molecule has 0 spiro atoms. The van der Waals surface area contributed by atoms with Crippen molar-refractivity contribution >= 4 is 29.2 Å². The highest BCUT2D eigenvalue weighted by atomic mass is 32.1. The molecule has 0 radical (unpaired) electrons. The number of carbonyl (C=O) groups is 3. The molecule has 1 atom stereocenters. The molecular weight excluding hydrogens is 358 g/mol. The molecule has 7 nitrogen and oxygen atoms in total. The van der Waals surface area contributed by atoms with E-state index in [2.05, 4.69) is 0 Å². The average Bonchev–Trinajstić information content (AvgIpc) is 3.17. The van der Waals surface area contributed by atoms with Gasteiger partial charge in [0.05, 0.1) is 26.3 Å². The maximum absolute atomic E-state index is 13.1. The fourth-order valence-electron chi connectivity index (χ4n) is 2.82. The molecule has 1 aliphatic rings. The molecule has 1 aliphatic heterocycles. The number of ether oxygens (including phenoxy) is 3. The molecule has 0 fully saturated rings. The van der Waals surface area contributed by atoms with E-state index in [1.165, 1.54) is 30.5 Å². The van der Waals surface area contributed by atoms with E-state index in [4.69, 9.17) is 14.2 Å². The maximum atomic E-state index is 13.1. The van der Waals surface area contributed by atoms with Gasteiger partial charge < -0.3 is 14.2 Å². The van der Waals surface area contributed by atoms with Crippen molar-refractivity contribution in [2.75, 3.05) is 14.2 Å². The lowest BCUT2D eigenvalue weighted by molar-refractivity contribution is -0.184. The van der Waals surface area contributed by atoms with Crippen LogP contribution in [0.1, 0.15) is 21.7 Å². The first kappa shape index (κ1) is 17.9. The summed E-state index contributed by atoms with van der Waals surface area (Å²) in [6.07, 6.45) is -0.485. The molecule has 0 aliphatic carbocycles. The SMILES string of the molecule is COC(=O)C[C@@]1(C(=O)OC)Oc2ccccc2C(=O)N1Cc1cccs1. The van der Waals surface area contributed by atoms with Gasteiger partial charge in [-0.15, -0.1) is 11.3 Å². The summed E-state index contributed by atoms with van der Waals surface area (Å²) in [6, 6.07) is 10.2. The van der Waals surface area contributed by atoms with Crippen LogP contribution in [0, 0.1) is 0 Å². The number of amides is 1. The third-order valence-corrected chi connectivity index (χ3v) is 4.95. The summed E-state index contributed by atoms with van der Waals surface area (Å²) in [4.78, 5) is 39.9. The fourth-order valence-corrected chi connectivity index (χ4v) is 3.51. The first-order valence-corrected chi connectivity index (χ1v) is 8.67. The molecule has 0 unspecified atom stereocenters. The first-order chi connectivity index (χ1) is 12.5. The van der Waals surface area contributed by atoms with Crippen LogP contribution in [0.2, 0.25) is 0 Å². The largest absolute Gasteiger partial charge is 0.469 e. The Morgan fingerprint density at radius 3 is 2.58 bits per heavy atom. The van der Waals surface area contributed by atoms with Crippen molar-refractivity contribution in [2.45, 2.75) is 18.7 Å². The Balaban J connectivity index is 2.13. The lowest BCUT2D eigenvalue weighted by atomic mass is 10.0. The van der Waals surface area contributed by atoms with E-state index in [0.717, 1.165) is 4.88 Å². The highest BCUT2D eigenvalue weighted by Crippen LogP contribution is 2.38. The molecule has 0 N–H and O–H groups in total. The minimum atomic E-state index is -1.93. The summed E-state index contributed by atoms with van der Waals surface area (Å²) in [6.45, 7) is 0.0942. The Morgan fingerprint density at radius 2 is 1.92 bits per heavy atom. The quantitative estimate of drug-likeness (QED) is 0.746. The molecule has 136 valence electrons. The lowest BCUT2D eigenvalue weighted by Crippen LogP contribution is -2.64. The molecule has 0 saturated heterocycles. The zero-order valence-electron chi connectivity index (χ0n) is 14.3. The van der Waals surface area contributed by atoms with Gasteiger partial charge in [-0.05, 0) is 23.6 Å². The standard InChI is InChI=1S/C18H17NO6S/c1-23-15(20)10-18(17(22)24-2)19(11-12-6-5-9-26-12)16(21)13-7-3-4-8-14(13)25-18/h3-9H,10-11H2,1-2H3/t18-/m0/s1. The van der Waals surface area contributed by atoms with E-state index in [1.807, 2.05) is 17.5 Å². The van der Waals surface area contributed by atoms with Gasteiger partial charge in [0.15, 0.2) is 0 Å². The Hall–Kier alpha value is -2.87. The first-order valence-electron chi connectivity index (χ1n) is 7.79. The number of fused-ring (bicyclic) bond motifs is 1. The number of para-hydroxylation sites is 1. The van der Waals surface area contributed by atoms with E-state index >= 15 is 0 Å². The summed E-state index contributed by atoms with van der Waals surface area (Å²) < 4.78 is 15.5. The zero-order valence-corrected chi connectivity index (χ0v) is 15.1. The van der Waals surface area contributed by atoms with Crippen molar-refractivity contribution in [3.63, 3.8) is 0 Å². The minimum absolute atomic E-state index is 0.0942. The molecule has 3 rings (SSSR count). The number of carbonyl (C=O) groups excluding carboxylic acids is 3. The van der Waals surface area contributed by atoms with Gasteiger partial charge in [-0.1, -0.05) is 18.2 Å². The maximum Gasteiger partial charge on any atom is 0.373 e. The predicted molar refractivity (Wildman–Crippen MR) is 92.6 cm³/mol. The van der Waals surface area contributed by atoms with Crippen molar-refractivity contribution in [3.05, 3.63) is 52.2 Å². The number of methoxy groups -OCH3 is 2. The number of thiophene rings is 1. The summed E-state index contributed by atoms with van der Waals surface area (Å²) >= 11 is 1.43. The van der Waals surface area contributed by atoms with Crippen molar-refractivity contribution < 1.29 is 28.6 Å². The molecule has 2 heterocycles. The van der Waals surface area contributed by atoms with Gasteiger partial charge in [-0.2, -0.15) is 0 Å². The van der Waals surface area contributed by atoms with Gasteiger partial charge in [-0.25, -0.2) is 4.79 Å². The van der Waals surface area contributed by atoms with Crippen LogP contribution in [0.4, 0.5) is 0 Å². The molecule has 0 saturated carbocycles. The molecule has 8 heteroatoms. The van der Waals surface area contributed by atoms with Gasteiger partial charge in [0.1, 0.15) is 12.2 Å². The second kappa shape index (κ2) is 7.17. The van der Waals surface area contributed by atoms with E-state index in [1.54, 1.807) is 24.3 Å². The summed E-state index contributed by atoms with van der Waals surface area (Å²) in [7, 11) is 2.38. The summed E-state index contributed by atoms with van der Waals surface area (Å²) in [5, 5.41) is 1.86. The summed E-state index contributed by atoms with van der Waals surface area (Å²) in [5.41, 5.74) is -1.62. The average molecular weight is 375 g/mol. The molecule has 2 aromatic rings. The van der Waals surface area contributed by atoms with Crippen molar-refractivity contribution in [1.29, 1.82) is 0 Å². The van der Waals surface area contributed by atoms with E-state index < -0.39 is 30.0 Å². The van der Waals surface area contributed by atoms with Crippen LogP contribution < -0.4 is 4.74 Å². The summed E-state index contributed by atoms with van der Waals surface area (Å²) in [5.74, 6) is -1.75. The monoisotopic (exact) mass is 375 g/mol. The van der Waals surface area contributed by atoms with Crippen molar-refractivity contribution in [2.24, 2.45) is 0 Å². The lowest BCUT2D eigenvalue weighted by Gasteiger charge is -2.43. The van der Waals surface area contributed by atoms with Crippen molar-refractivity contribution in [3.8, 4) is 5.75 Å². The van der Waals surface area contributed by atoms with Crippen molar-refractivity contribution in [1.82, 2.24) is 4.90 Å². The van der Waals surface area contributed by atoms with Crippen LogP contribution in [0.3, 0.4) is 0 Å². The van der Waals surface area contributed by atoms with Crippen LogP contribution in [-0.4, -0.2) is 42.7 Å². The van der Waals surface area contributed by atoms with E-state index in [-0.39, 0.29) is 12.3 Å². The number of hydrogen-bond donors (Lipinski definition) is 0. The van der Waals surface area contributed by atoms with Gasteiger partial charge in [0.2, 0.25) is 0 Å². The number of esters is 2. The highest BCUT2D eigenvalue weighted by Gasteiger charge is 2.55. The van der Waals surface area contributed by atoms with Crippen LogP contribution >= 0.6 is 11.3 Å². The van der Waals surface area contributed by atoms with E-state index in [9.17, 15) is 14.4 Å². The third kappa shape index (κ3) is 3.03. The molecular formula is C18H17NO6S. The molecule has 1 aromatic carbocycles. The molecule has 0 bridgehead atoms. The molecule has 26 heavy (non-hydrogen) atoms. The number of hydrogen-bond acceptors (Lipinski definition) is 7. The number of rotatable bonds is 5. The van der Waals surface area contributed by atoms with Gasteiger partial charge in [-0.3, -0.25) is 14.5 Å². The Labute approximate surface area is 154 Å². The molecule has 1 aromatic heterocycles. The van der Waals surface area contributed by atoms with Gasteiger partial charge in [0, 0.05) is 4.88 Å². The Bertz CT molecular complexity index is 834. The fraction of sp³-hybridized carbons (Fsp3) is 0.278. The van der Waals surface area contributed by atoms with Crippen LogP contribution in [0.15, 0.2) is 41.8 Å². The Kier molecular flexibility index (Phi) is 4.94. The minimum Gasteiger partial charge on any atom is -0.469 e. The Morgan fingerprint density at radius 1 is 1.15 bits per heavy atom. The van der Waals surface area contributed by atoms with E-state index in [0.29, 0.717) is 5.56 Å².